The fraction of sp³-hybridized carbons (Fsp3) is 0.227. The van der Waals surface area contributed by atoms with Crippen LogP contribution in [0.4, 0.5) is 4.39 Å². The summed E-state index contributed by atoms with van der Waals surface area (Å²) in [5.41, 5.74) is 0.848. The molecule has 3 nitrogen and oxygen atoms in total. The monoisotopic (exact) mass is 351 g/mol. The Hall–Kier alpha value is -2.88. The number of fused-ring (bicyclic) bond motifs is 1. The molecule has 0 saturated heterocycles. The zero-order valence-corrected chi connectivity index (χ0v) is 14.9. The Morgan fingerprint density at radius 3 is 2.42 bits per heavy atom. The van der Waals surface area contributed by atoms with E-state index in [-0.39, 0.29) is 17.8 Å². The molecule has 3 aromatic carbocycles. The van der Waals surface area contributed by atoms with Crippen LogP contribution < -0.4 is 10.1 Å². The van der Waals surface area contributed by atoms with Crippen molar-refractivity contribution in [2.24, 2.45) is 0 Å². The van der Waals surface area contributed by atoms with Crippen molar-refractivity contribution in [2.75, 3.05) is 0 Å². The number of carbonyl (C=O) groups is 1. The first-order valence-corrected chi connectivity index (χ1v) is 8.78. The minimum atomic E-state index is -0.584. The highest BCUT2D eigenvalue weighted by molar-refractivity contribution is 5.84. The number of ether oxygens (including phenoxy) is 1. The fourth-order valence-corrected chi connectivity index (χ4v) is 2.87. The molecule has 1 amide bonds. The summed E-state index contributed by atoms with van der Waals surface area (Å²) in [6.45, 7) is 3.78. The van der Waals surface area contributed by atoms with Gasteiger partial charge >= 0.3 is 0 Å². The van der Waals surface area contributed by atoms with E-state index >= 15 is 0 Å². The Balaban J connectivity index is 1.68. The summed E-state index contributed by atoms with van der Waals surface area (Å²) in [5, 5.41) is 5.13. The van der Waals surface area contributed by atoms with E-state index in [1.54, 1.807) is 12.1 Å². The zero-order chi connectivity index (χ0) is 18.5. The van der Waals surface area contributed by atoms with Crippen LogP contribution >= 0.6 is 0 Å². The molecule has 0 aromatic heterocycles. The standard InChI is InChI=1S/C22H22FNO2/c1-3-21(22(25)24-15(2)16-8-11-19(23)12-9-16)26-20-13-10-17-6-4-5-7-18(17)14-20/h4-15,21H,3H2,1-2H3,(H,24,25). The molecule has 26 heavy (non-hydrogen) atoms. The van der Waals surface area contributed by atoms with Gasteiger partial charge in [0.15, 0.2) is 6.10 Å². The number of amides is 1. The van der Waals surface area contributed by atoms with E-state index in [0.717, 1.165) is 16.3 Å². The molecule has 134 valence electrons. The number of hydrogen-bond donors (Lipinski definition) is 1. The van der Waals surface area contributed by atoms with Gasteiger partial charge in [-0.2, -0.15) is 0 Å². The number of carbonyl (C=O) groups excluding carboxylic acids is 1. The smallest absolute Gasteiger partial charge is 0.261 e. The van der Waals surface area contributed by atoms with Gasteiger partial charge in [-0.05, 0) is 53.9 Å². The first-order chi connectivity index (χ1) is 12.6. The number of nitrogens with one attached hydrogen (secondary N) is 1. The van der Waals surface area contributed by atoms with Crippen molar-refractivity contribution in [2.45, 2.75) is 32.4 Å². The normalized spacial score (nSPS) is 13.2. The van der Waals surface area contributed by atoms with Gasteiger partial charge in [0.1, 0.15) is 11.6 Å². The van der Waals surface area contributed by atoms with Crippen molar-refractivity contribution in [3.05, 3.63) is 78.1 Å². The summed E-state index contributed by atoms with van der Waals surface area (Å²) >= 11 is 0. The van der Waals surface area contributed by atoms with Gasteiger partial charge in [0.2, 0.25) is 0 Å². The summed E-state index contributed by atoms with van der Waals surface area (Å²) in [6, 6.07) is 19.7. The highest BCUT2D eigenvalue weighted by Crippen LogP contribution is 2.22. The number of rotatable bonds is 6. The van der Waals surface area contributed by atoms with Gasteiger partial charge in [0.05, 0.1) is 6.04 Å². The van der Waals surface area contributed by atoms with Crippen molar-refractivity contribution >= 4 is 16.7 Å². The van der Waals surface area contributed by atoms with E-state index in [1.807, 2.05) is 56.3 Å². The summed E-state index contributed by atoms with van der Waals surface area (Å²) in [5.74, 6) is 0.191. The lowest BCUT2D eigenvalue weighted by Gasteiger charge is -2.21. The molecule has 0 saturated carbocycles. The lowest BCUT2D eigenvalue weighted by atomic mass is 10.1. The highest BCUT2D eigenvalue weighted by atomic mass is 19.1. The van der Waals surface area contributed by atoms with Crippen LogP contribution in [0.25, 0.3) is 10.8 Å². The van der Waals surface area contributed by atoms with Gasteiger partial charge in [-0.15, -0.1) is 0 Å². The molecule has 2 unspecified atom stereocenters. The van der Waals surface area contributed by atoms with E-state index in [4.69, 9.17) is 4.74 Å². The van der Waals surface area contributed by atoms with Gasteiger partial charge in [-0.25, -0.2) is 4.39 Å². The van der Waals surface area contributed by atoms with Gasteiger partial charge in [-0.3, -0.25) is 4.79 Å². The van der Waals surface area contributed by atoms with Crippen LogP contribution in [0.3, 0.4) is 0 Å². The van der Waals surface area contributed by atoms with Crippen molar-refractivity contribution in [3.8, 4) is 5.75 Å². The third-order valence-electron chi connectivity index (χ3n) is 4.39. The molecule has 2 atom stereocenters. The van der Waals surface area contributed by atoms with Gasteiger partial charge in [0.25, 0.3) is 5.91 Å². The Kier molecular flexibility index (Phi) is 5.52. The van der Waals surface area contributed by atoms with Crippen LogP contribution in [-0.4, -0.2) is 12.0 Å². The minimum Gasteiger partial charge on any atom is -0.481 e. The summed E-state index contributed by atoms with van der Waals surface area (Å²) in [7, 11) is 0. The average Bonchev–Trinajstić information content (AvgIpc) is 2.66. The van der Waals surface area contributed by atoms with Crippen LogP contribution in [0.2, 0.25) is 0 Å². The predicted octanol–water partition coefficient (Wildman–Crippen LogP) is 5.01. The minimum absolute atomic E-state index is 0.183. The molecule has 4 heteroatoms. The lowest BCUT2D eigenvalue weighted by molar-refractivity contribution is -0.128. The first kappa shape index (κ1) is 17.9. The molecule has 0 aliphatic rings. The SMILES string of the molecule is CCC(Oc1ccc2ccccc2c1)C(=O)NC(C)c1ccc(F)cc1. The predicted molar refractivity (Wildman–Crippen MR) is 102 cm³/mol. The van der Waals surface area contributed by atoms with Crippen LogP contribution in [0.5, 0.6) is 5.75 Å². The van der Waals surface area contributed by atoms with E-state index in [0.29, 0.717) is 12.2 Å². The Bertz CT molecular complexity index is 892. The number of hydrogen-bond acceptors (Lipinski definition) is 2. The summed E-state index contributed by atoms with van der Waals surface area (Å²) in [6.07, 6.45) is -0.0338. The second-order valence-electron chi connectivity index (χ2n) is 6.31. The zero-order valence-electron chi connectivity index (χ0n) is 14.9. The van der Waals surface area contributed by atoms with Crippen LogP contribution in [-0.2, 0) is 4.79 Å². The second kappa shape index (κ2) is 8.00. The topological polar surface area (TPSA) is 38.3 Å². The maximum Gasteiger partial charge on any atom is 0.261 e. The van der Waals surface area contributed by atoms with E-state index in [9.17, 15) is 9.18 Å². The molecule has 1 N–H and O–H groups in total. The Morgan fingerprint density at radius 1 is 1.04 bits per heavy atom. The summed E-state index contributed by atoms with van der Waals surface area (Å²) in [4.78, 5) is 12.6. The fourth-order valence-electron chi connectivity index (χ4n) is 2.87. The molecular weight excluding hydrogens is 329 g/mol. The van der Waals surface area contributed by atoms with Crippen molar-refractivity contribution < 1.29 is 13.9 Å². The molecular formula is C22H22FNO2. The largest absolute Gasteiger partial charge is 0.481 e. The highest BCUT2D eigenvalue weighted by Gasteiger charge is 2.20. The van der Waals surface area contributed by atoms with Gasteiger partial charge in [0, 0.05) is 0 Å². The molecule has 0 spiro atoms. The van der Waals surface area contributed by atoms with E-state index in [2.05, 4.69) is 5.32 Å². The summed E-state index contributed by atoms with van der Waals surface area (Å²) < 4.78 is 19.0. The van der Waals surface area contributed by atoms with Crippen molar-refractivity contribution in [1.29, 1.82) is 0 Å². The number of halogens is 1. The van der Waals surface area contributed by atoms with Crippen molar-refractivity contribution in [1.82, 2.24) is 5.32 Å². The lowest BCUT2D eigenvalue weighted by Crippen LogP contribution is -2.39. The molecule has 0 fully saturated rings. The third kappa shape index (κ3) is 4.20. The van der Waals surface area contributed by atoms with Crippen LogP contribution in [0.15, 0.2) is 66.7 Å². The van der Waals surface area contributed by atoms with Gasteiger partial charge < -0.3 is 10.1 Å². The molecule has 0 bridgehead atoms. The van der Waals surface area contributed by atoms with E-state index in [1.165, 1.54) is 12.1 Å². The van der Waals surface area contributed by atoms with Crippen LogP contribution in [0, 0.1) is 5.82 Å². The molecule has 3 rings (SSSR count). The Labute approximate surface area is 152 Å². The molecule has 0 heterocycles. The molecule has 0 aliphatic carbocycles. The maximum atomic E-state index is 13.0. The first-order valence-electron chi connectivity index (χ1n) is 8.78. The molecule has 0 radical (unpaired) electrons. The Morgan fingerprint density at radius 2 is 1.73 bits per heavy atom. The van der Waals surface area contributed by atoms with E-state index < -0.39 is 6.10 Å². The average molecular weight is 351 g/mol. The quantitative estimate of drug-likeness (QED) is 0.678. The molecule has 0 aliphatic heterocycles. The van der Waals surface area contributed by atoms with Gasteiger partial charge in [-0.1, -0.05) is 49.4 Å². The number of benzene rings is 3. The van der Waals surface area contributed by atoms with Crippen LogP contribution in [0.1, 0.15) is 31.9 Å². The third-order valence-corrected chi connectivity index (χ3v) is 4.39. The molecule has 3 aromatic rings. The maximum absolute atomic E-state index is 13.0. The second-order valence-corrected chi connectivity index (χ2v) is 6.31. The van der Waals surface area contributed by atoms with Crippen molar-refractivity contribution in [3.63, 3.8) is 0 Å².